The number of nitro groups is 1. The highest BCUT2D eigenvalue weighted by molar-refractivity contribution is 9.10. The molecule has 0 saturated carbocycles. The molecule has 7 nitrogen and oxygen atoms in total. The fraction of sp³-hybridized carbons (Fsp3) is 0.263. The van der Waals surface area contributed by atoms with E-state index in [1.807, 2.05) is 0 Å². The molecule has 0 saturated heterocycles. The molecule has 0 N–H and O–H groups in total. The van der Waals surface area contributed by atoms with E-state index in [4.69, 9.17) is 4.74 Å². The fourth-order valence-corrected chi connectivity index (χ4v) is 3.36. The molecule has 0 radical (unpaired) electrons. The molecule has 0 spiro atoms. The monoisotopic (exact) mass is 432 g/mol. The molecule has 0 aliphatic carbocycles. The second kappa shape index (κ2) is 7.87. The van der Waals surface area contributed by atoms with E-state index in [1.165, 1.54) is 24.3 Å². The van der Waals surface area contributed by atoms with Crippen molar-refractivity contribution < 1.29 is 19.2 Å². The number of anilines is 1. The van der Waals surface area contributed by atoms with E-state index in [0.717, 1.165) is 24.2 Å². The molecule has 2 amide bonds. The molecular formula is C19H17BrN2O5. The van der Waals surface area contributed by atoms with Crippen LogP contribution in [0.3, 0.4) is 0 Å². The molecule has 1 aliphatic heterocycles. The van der Waals surface area contributed by atoms with E-state index in [1.54, 1.807) is 12.1 Å². The van der Waals surface area contributed by atoms with Gasteiger partial charge in [-0.05, 0) is 34.5 Å². The van der Waals surface area contributed by atoms with E-state index < -0.39 is 16.7 Å². The molecule has 8 heteroatoms. The minimum atomic E-state index is -0.621. The number of carbonyl (C=O) groups is 2. The minimum Gasteiger partial charge on any atom is -0.492 e. The lowest BCUT2D eigenvalue weighted by Crippen LogP contribution is -2.30. The van der Waals surface area contributed by atoms with Crippen LogP contribution >= 0.6 is 15.9 Å². The van der Waals surface area contributed by atoms with Crippen LogP contribution < -0.4 is 9.64 Å². The van der Waals surface area contributed by atoms with Crippen LogP contribution in [0.2, 0.25) is 0 Å². The minimum absolute atomic E-state index is 0.0973. The quantitative estimate of drug-likeness (QED) is 0.273. The number of nitro benzene ring substituents is 1. The number of ether oxygens (including phenoxy) is 1. The summed E-state index contributed by atoms with van der Waals surface area (Å²) in [7, 11) is 0. The van der Waals surface area contributed by atoms with Gasteiger partial charge >= 0.3 is 0 Å². The van der Waals surface area contributed by atoms with E-state index in [0.29, 0.717) is 16.8 Å². The lowest BCUT2D eigenvalue weighted by Gasteiger charge is -2.16. The lowest BCUT2D eigenvalue weighted by molar-refractivity contribution is -0.384. The van der Waals surface area contributed by atoms with Crippen molar-refractivity contribution in [1.82, 2.24) is 0 Å². The molecule has 0 atom stereocenters. The van der Waals surface area contributed by atoms with E-state index in [2.05, 4.69) is 22.9 Å². The molecule has 0 bridgehead atoms. The average molecular weight is 433 g/mol. The second-order valence-electron chi connectivity index (χ2n) is 6.08. The van der Waals surface area contributed by atoms with Gasteiger partial charge in [-0.1, -0.05) is 31.9 Å². The molecule has 0 unspecified atom stereocenters. The van der Waals surface area contributed by atoms with Crippen molar-refractivity contribution in [3.63, 3.8) is 0 Å². The number of carbonyl (C=O) groups excluding carboxylic acids is 2. The highest BCUT2D eigenvalue weighted by Gasteiger charge is 2.40. The number of nitrogens with zero attached hydrogens (tertiary/aromatic N) is 2. The molecular weight excluding hydrogens is 416 g/mol. The van der Waals surface area contributed by atoms with E-state index >= 15 is 0 Å². The predicted octanol–water partition coefficient (Wildman–Crippen LogP) is 4.73. The van der Waals surface area contributed by atoms with Gasteiger partial charge in [0.25, 0.3) is 17.5 Å². The van der Waals surface area contributed by atoms with Crippen molar-refractivity contribution >= 4 is 39.1 Å². The van der Waals surface area contributed by atoms with Crippen LogP contribution in [-0.4, -0.2) is 23.3 Å². The Morgan fingerprint density at radius 1 is 1.11 bits per heavy atom. The first-order valence-corrected chi connectivity index (χ1v) is 9.33. The van der Waals surface area contributed by atoms with Crippen LogP contribution in [-0.2, 0) is 0 Å². The Hall–Kier alpha value is -2.74. The lowest BCUT2D eigenvalue weighted by atomic mass is 10.1. The zero-order valence-corrected chi connectivity index (χ0v) is 16.2. The predicted molar refractivity (Wildman–Crippen MR) is 103 cm³/mol. The van der Waals surface area contributed by atoms with Crippen molar-refractivity contribution in [2.24, 2.45) is 0 Å². The SMILES string of the molecule is CCCCCOc1cc(N2C(=O)c3ccccc3C2=O)c([N+](=O)[O-])cc1Br. The van der Waals surface area contributed by atoms with Crippen molar-refractivity contribution in [2.75, 3.05) is 11.5 Å². The largest absolute Gasteiger partial charge is 0.492 e. The van der Waals surface area contributed by atoms with Crippen LogP contribution in [0.5, 0.6) is 5.75 Å². The third kappa shape index (κ3) is 3.57. The number of halogens is 1. The van der Waals surface area contributed by atoms with E-state index in [-0.39, 0.29) is 22.5 Å². The number of rotatable bonds is 7. The Kier molecular flexibility index (Phi) is 5.55. The average Bonchev–Trinajstić information content (AvgIpc) is 2.91. The summed E-state index contributed by atoms with van der Waals surface area (Å²) in [5, 5.41) is 11.5. The summed E-state index contributed by atoms with van der Waals surface area (Å²) in [4.78, 5) is 37.2. The van der Waals surface area contributed by atoms with Gasteiger partial charge in [0.2, 0.25) is 0 Å². The molecule has 0 aromatic heterocycles. The maximum Gasteiger partial charge on any atom is 0.294 e. The van der Waals surface area contributed by atoms with E-state index in [9.17, 15) is 19.7 Å². The smallest absolute Gasteiger partial charge is 0.294 e. The summed E-state index contributed by atoms with van der Waals surface area (Å²) in [5.74, 6) is -0.820. The van der Waals surface area contributed by atoms with Crippen LogP contribution in [0, 0.1) is 10.1 Å². The molecule has 27 heavy (non-hydrogen) atoms. The summed E-state index contributed by atoms with van der Waals surface area (Å²) in [5.41, 5.74) is 0.00689. The van der Waals surface area contributed by atoms with Gasteiger partial charge in [0.05, 0.1) is 27.1 Å². The van der Waals surface area contributed by atoms with Crippen molar-refractivity contribution in [2.45, 2.75) is 26.2 Å². The van der Waals surface area contributed by atoms with Gasteiger partial charge in [0, 0.05) is 12.1 Å². The van der Waals surface area contributed by atoms with Gasteiger partial charge in [-0.15, -0.1) is 0 Å². The molecule has 3 rings (SSSR count). The first-order chi connectivity index (χ1) is 13.0. The summed E-state index contributed by atoms with van der Waals surface area (Å²) in [6.45, 7) is 2.51. The first kappa shape index (κ1) is 19.0. The molecule has 2 aromatic carbocycles. The highest BCUT2D eigenvalue weighted by Crippen LogP contribution is 2.41. The van der Waals surface area contributed by atoms with Gasteiger partial charge < -0.3 is 4.74 Å². The number of unbranched alkanes of at least 4 members (excludes halogenated alkanes) is 2. The van der Waals surface area contributed by atoms with Crippen LogP contribution in [0.1, 0.15) is 46.9 Å². The Morgan fingerprint density at radius 3 is 2.30 bits per heavy atom. The molecule has 2 aromatic rings. The summed E-state index contributed by atoms with van der Waals surface area (Å²) >= 11 is 3.27. The topological polar surface area (TPSA) is 89.8 Å². The van der Waals surface area contributed by atoms with Gasteiger partial charge in [0.15, 0.2) is 0 Å². The Bertz CT molecular complexity index is 893. The van der Waals surface area contributed by atoms with Crippen LogP contribution in [0.4, 0.5) is 11.4 Å². The number of hydrogen-bond acceptors (Lipinski definition) is 5. The maximum atomic E-state index is 12.7. The maximum absolute atomic E-state index is 12.7. The summed E-state index contributed by atoms with van der Waals surface area (Å²) in [6, 6.07) is 8.98. The van der Waals surface area contributed by atoms with Gasteiger partial charge in [-0.2, -0.15) is 0 Å². The third-order valence-electron chi connectivity index (χ3n) is 4.27. The zero-order chi connectivity index (χ0) is 19.6. The fourth-order valence-electron chi connectivity index (χ4n) is 2.91. The third-order valence-corrected chi connectivity index (χ3v) is 4.89. The molecule has 140 valence electrons. The van der Waals surface area contributed by atoms with Gasteiger partial charge in [0.1, 0.15) is 11.4 Å². The Morgan fingerprint density at radius 2 is 1.74 bits per heavy atom. The molecule has 1 heterocycles. The number of benzene rings is 2. The molecule has 0 fully saturated rings. The Balaban J connectivity index is 2.02. The van der Waals surface area contributed by atoms with Crippen LogP contribution in [0.25, 0.3) is 0 Å². The second-order valence-corrected chi connectivity index (χ2v) is 6.93. The number of fused-ring (bicyclic) bond motifs is 1. The first-order valence-electron chi connectivity index (χ1n) is 8.54. The Labute approximate surface area is 164 Å². The van der Waals surface area contributed by atoms with Gasteiger partial charge in [-0.25, -0.2) is 4.90 Å². The van der Waals surface area contributed by atoms with Crippen molar-refractivity contribution in [1.29, 1.82) is 0 Å². The zero-order valence-electron chi connectivity index (χ0n) is 14.6. The number of imide groups is 1. The number of amides is 2. The van der Waals surface area contributed by atoms with Crippen molar-refractivity contribution in [3.8, 4) is 5.75 Å². The normalized spacial score (nSPS) is 13.0. The molecule has 1 aliphatic rings. The number of hydrogen-bond donors (Lipinski definition) is 0. The standard InChI is InChI=1S/C19H17BrN2O5/c1-2-3-6-9-27-17-11-15(16(22(25)26)10-14(17)20)21-18(23)12-7-4-5-8-13(12)19(21)24/h4-5,7-8,10-11H,2-3,6,9H2,1H3. The van der Waals surface area contributed by atoms with Gasteiger partial charge in [-0.3, -0.25) is 19.7 Å². The summed E-state index contributed by atoms with van der Waals surface area (Å²) in [6.07, 6.45) is 2.86. The van der Waals surface area contributed by atoms with Crippen LogP contribution in [0.15, 0.2) is 40.9 Å². The summed E-state index contributed by atoms with van der Waals surface area (Å²) < 4.78 is 6.10. The van der Waals surface area contributed by atoms with Crippen molar-refractivity contribution in [3.05, 3.63) is 62.1 Å². The highest BCUT2D eigenvalue weighted by atomic mass is 79.9.